The third-order valence-corrected chi connectivity index (χ3v) is 5.21. The fourth-order valence-electron chi connectivity index (χ4n) is 1.34. The fourth-order valence-corrected chi connectivity index (χ4v) is 2.65. The van der Waals surface area contributed by atoms with E-state index in [-0.39, 0.29) is 30.7 Å². The first-order valence-corrected chi connectivity index (χ1v) is 10.6. The van der Waals surface area contributed by atoms with E-state index in [4.69, 9.17) is 11.6 Å². The van der Waals surface area contributed by atoms with E-state index in [9.17, 15) is 4.21 Å². The molecule has 0 aliphatic carbocycles. The molecule has 7 heteroatoms. The molecule has 0 bridgehead atoms. The van der Waals surface area contributed by atoms with Crippen LogP contribution in [0.25, 0.3) is 0 Å². The standard InChI is InChI=1S/C11H22OS.C6H11Cl.CH4.ClH.H3N.S2/c1-6-7-8-10(2)9-13(12)11(3,4)5;1-3-4-5-6(2)7;;;;1-2/h6,10H,1,7-9H2,2-5H3;3,6H,1,4-5H2,2H3;1H4;1H;1H3;/t10-,13-;6-;;;;/m00..../s1. The lowest BCUT2D eigenvalue weighted by Gasteiger charge is -2.20. The summed E-state index contributed by atoms with van der Waals surface area (Å²) in [6.07, 6.45) is 8.03. The quantitative estimate of drug-likeness (QED) is 0.319. The van der Waals surface area contributed by atoms with Crippen LogP contribution in [0, 0.1) is 5.92 Å². The van der Waals surface area contributed by atoms with Gasteiger partial charge in [-0.25, -0.2) is 0 Å². The van der Waals surface area contributed by atoms with Crippen molar-refractivity contribution in [2.24, 2.45) is 5.92 Å². The predicted octanol–water partition coefficient (Wildman–Crippen LogP) is 6.93. The van der Waals surface area contributed by atoms with Gasteiger partial charge in [0.15, 0.2) is 0 Å². The average molecular weight is 455 g/mol. The first-order valence-electron chi connectivity index (χ1n) is 7.56. The molecule has 0 fully saturated rings. The molecule has 0 aromatic heterocycles. The Kier molecular flexibility index (Phi) is 43.3. The predicted molar refractivity (Wildman–Crippen MR) is 130 cm³/mol. The SMILES string of the molecule is C.C=CCC[C@H](C)C[S@](=O)C(C)(C)C.C=CCC[C@H](C)Cl.Cl.N.S=S. The summed E-state index contributed by atoms with van der Waals surface area (Å²) >= 11 is 12.9. The van der Waals surface area contributed by atoms with Crippen molar-refractivity contribution in [3.8, 4) is 0 Å². The van der Waals surface area contributed by atoms with E-state index in [1.807, 2.05) is 39.8 Å². The second kappa shape index (κ2) is 26.8. The van der Waals surface area contributed by atoms with Crippen LogP contribution in [0.2, 0.25) is 0 Å². The molecule has 0 aliphatic rings. The highest BCUT2D eigenvalue weighted by Gasteiger charge is 2.20. The largest absolute Gasteiger partial charge is 0.344 e. The molecular formula is C18H41Cl2NOS3. The maximum absolute atomic E-state index is 11.7. The Labute approximate surface area is 181 Å². The van der Waals surface area contributed by atoms with E-state index >= 15 is 0 Å². The molecule has 0 radical (unpaired) electrons. The molecule has 0 spiro atoms. The van der Waals surface area contributed by atoms with Crippen LogP contribution in [0.4, 0.5) is 0 Å². The topological polar surface area (TPSA) is 52.1 Å². The number of alkyl halides is 1. The summed E-state index contributed by atoms with van der Waals surface area (Å²) in [6.45, 7) is 17.5. The monoisotopic (exact) mass is 453 g/mol. The molecule has 156 valence electrons. The van der Waals surface area contributed by atoms with Gasteiger partial charge in [-0.3, -0.25) is 4.21 Å². The molecular weight excluding hydrogens is 413 g/mol. The average Bonchev–Trinajstić information content (AvgIpc) is 2.44. The molecule has 0 heterocycles. The number of rotatable bonds is 8. The molecule has 0 saturated heterocycles. The van der Waals surface area contributed by atoms with E-state index in [1.54, 1.807) is 0 Å². The molecule has 0 aliphatic heterocycles. The Hall–Kier alpha value is 0.610. The van der Waals surface area contributed by atoms with Crippen LogP contribution in [0.15, 0.2) is 25.3 Å². The van der Waals surface area contributed by atoms with Crippen LogP contribution in [0.5, 0.6) is 0 Å². The minimum absolute atomic E-state index is 0. The molecule has 0 unspecified atom stereocenters. The van der Waals surface area contributed by atoms with Gasteiger partial charge < -0.3 is 6.15 Å². The summed E-state index contributed by atoms with van der Waals surface area (Å²) in [6, 6.07) is 0. The summed E-state index contributed by atoms with van der Waals surface area (Å²) in [4.78, 5) is 0. The third kappa shape index (κ3) is 36.3. The fraction of sp³-hybridized carbons (Fsp3) is 0.778. The first kappa shape index (κ1) is 40.3. The van der Waals surface area contributed by atoms with Crippen LogP contribution in [0.1, 0.15) is 67.7 Å². The number of allylic oxidation sites excluding steroid dienone is 2. The van der Waals surface area contributed by atoms with Crippen molar-refractivity contribution < 1.29 is 4.21 Å². The van der Waals surface area contributed by atoms with Gasteiger partial charge in [0.25, 0.3) is 0 Å². The summed E-state index contributed by atoms with van der Waals surface area (Å²) in [5.41, 5.74) is 0. The van der Waals surface area contributed by atoms with Crippen molar-refractivity contribution in [1.29, 1.82) is 0 Å². The summed E-state index contributed by atoms with van der Waals surface area (Å²) in [7, 11) is -0.705. The molecule has 2 nitrogen and oxygen atoms in total. The zero-order chi connectivity index (χ0) is 18.2. The molecule has 3 N–H and O–H groups in total. The van der Waals surface area contributed by atoms with Crippen molar-refractivity contribution in [3.63, 3.8) is 0 Å². The van der Waals surface area contributed by atoms with Crippen LogP contribution in [-0.4, -0.2) is 20.1 Å². The van der Waals surface area contributed by atoms with E-state index in [2.05, 4.69) is 42.5 Å². The van der Waals surface area contributed by atoms with Gasteiger partial charge in [0, 0.05) is 49.1 Å². The van der Waals surface area contributed by atoms with Gasteiger partial charge in [0.2, 0.25) is 0 Å². The lowest BCUT2D eigenvalue weighted by atomic mass is 10.1. The van der Waals surface area contributed by atoms with Gasteiger partial charge in [0.1, 0.15) is 0 Å². The van der Waals surface area contributed by atoms with E-state index in [0.717, 1.165) is 31.4 Å². The van der Waals surface area contributed by atoms with E-state index in [1.165, 1.54) is 0 Å². The van der Waals surface area contributed by atoms with Gasteiger partial charge in [-0.1, -0.05) is 26.5 Å². The van der Waals surface area contributed by atoms with Crippen molar-refractivity contribution >= 4 is 57.2 Å². The lowest BCUT2D eigenvalue weighted by Crippen LogP contribution is -2.26. The highest BCUT2D eigenvalue weighted by molar-refractivity contribution is 8.07. The summed E-state index contributed by atoms with van der Waals surface area (Å²) in [5.74, 6) is 1.36. The van der Waals surface area contributed by atoms with Gasteiger partial charge in [0.05, 0.1) is 0 Å². The molecule has 25 heavy (non-hydrogen) atoms. The summed E-state index contributed by atoms with van der Waals surface area (Å²) in [5, 5.41) is 0.304. The smallest absolute Gasteiger partial charge is 0.0375 e. The highest BCUT2D eigenvalue weighted by Crippen LogP contribution is 2.16. The Morgan fingerprint density at radius 1 is 1.08 bits per heavy atom. The van der Waals surface area contributed by atoms with Crippen molar-refractivity contribution in [3.05, 3.63) is 25.3 Å². The second-order valence-electron chi connectivity index (χ2n) is 6.24. The molecule has 0 amide bonds. The molecule has 0 aromatic carbocycles. The molecule has 3 atom stereocenters. The van der Waals surface area contributed by atoms with Crippen molar-refractivity contribution in [2.45, 2.75) is 77.9 Å². The van der Waals surface area contributed by atoms with Gasteiger partial charge in [-0.05, 0) is 59.3 Å². The molecule has 0 rings (SSSR count). The summed E-state index contributed by atoms with van der Waals surface area (Å²) < 4.78 is 11.7. The van der Waals surface area contributed by atoms with Crippen LogP contribution in [0.3, 0.4) is 0 Å². The third-order valence-electron chi connectivity index (χ3n) is 2.75. The second-order valence-corrected chi connectivity index (χ2v) is 9.24. The van der Waals surface area contributed by atoms with Crippen molar-refractivity contribution in [2.75, 3.05) is 5.75 Å². The number of hydrogen-bond donors (Lipinski definition) is 1. The van der Waals surface area contributed by atoms with Crippen molar-refractivity contribution in [1.82, 2.24) is 6.15 Å². The maximum Gasteiger partial charge on any atom is 0.0375 e. The minimum atomic E-state index is -0.705. The van der Waals surface area contributed by atoms with Crippen LogP contribution in [-0.2, 0) is 33.2 Å². The molecule has 0 saturated carbocycles. The van der Waals surface area contributed by atoms with Crippen LogP contribution < -0.4 is 6.15 Å². The minimum Gasteiger partial charge on any atom is -0.344 e. The van der Waals surface area contributed by atoms with Gasteiger partial charge in [-0.2, -0.15) is 0 Å². The zero-order valence-corrected chi connectivity index (χ0v) is 19.9. The Balaban J connectivity index is -0.0000000654. The Morgan fingerprint density at radius 2 is 1.44 bits per heavy atom. The number of halogens is 2. The normalized spacial score (nSPS) is 12.6. The first-order chi connectivity index (χ1) is 10.1. The van der Waals surface area contributed by atoms with Gasteiger partial charge >= 0.3 is 0 Å². The van der Waals surface area contributed by atoms with E-state index in [0.29, 0.717) is 11.3 Å². The van der Waals surface area contributed by atoms with Gasteiger partial charge in [-0.15, -0.1) is 37.2 Å². The zero-order valence-electron chi connectivity index (χ0n) is 15.9. The Bertz CT molecular complexity index is 309. The maximum atomic E-state index is 11.7. The molecule has 0 aromatic rings. The van der Waals surface area contributed by atoms with E-state index < -0.39 is 10.8 Å². The highest BCUT2D eigenvalue weighted by atomic mass is 35.5. The number of hydrogen-bond acceptors (Lipinski definition) is 4. The lowest BCUT2D eigenvalue weighted by molar-refractivity contribution is 0.579. The van der Waals surface area contributed by atoms with Crippen LogP contribution >= 0.6 is 24.0 Å². The Morgan fingerprint density at radius 3 is 1.68 bits per heavy atom.